The number of imidazole rings is 2. The fourth-order valence-electron chi connectivity index (χ4n) is 8.61. The minimum Gasteiger partial charge on any atom is -0.378 e. The Morgan fingerprint density at radius 2 is 1.04 bits per heavy atom. The van der Waals surface area contributed by atoms with Crippen LogP contribution < -0.4 is 15.3 Å². The predicted molar refractivity (Wildman–Crippen MR) is 198 cm³/mol. The summed E-state index contributed by atoms with van der Waals surface area (Å²) in [5, 5.41) is 4.77. The van der Waals surface area contributed by atoms with E-state index >= 15 is 0 Å². The average molecular weight is 775 g/mol. The largest absolute Gasteiger partial charge is 0.378 e. The first-order valence-corrected chi connectivity index (χ1v) is 20.2. The molecule has 0 unspecified atom stereocenters. The van der Waals surface area contributed by atoms with Crippen molar-refractivity contribution in [1.29, 1.82) is 0 Å². The van der Waals surface area contributed by atoms with Crippen molar-refractivity contribution in [2.75, 3.05) is 0 Å². The van der Waals surface area contributed by atoms with E-state index in [2.05, 4.69) is 9.97 Å². The van der Waals surface area contributed by atoms with Crippen molar-refractivity contribution in [1.82, 2.24) is 18.8 Å². The maximum Gasteiger partial charge on any atom is 0.339 e. The van der Waals surface area contributed by atoms with E-state index in [0.29, 0.717) is 43.1 Å². The quantitative estimate of drug-likeness (QED) is 0.104. The number of hydrogen-bond acceptors (Lipinski definition) is 11. The second-order valence-corrected chi connectivity index (χ2v) is 17.7. The molecule has 5 heterocycles. The second kappa shape index (κ2) is 8.89. The lowest BCUT2D eigenvalue weighted by Gasteiger charge is -2.25. The molecule has 0 saturated heterocycles. The summed E-state index contributed by atoms with van der Waals surface area (Å²) in [7, 11) is -13.8. The van der Waals surface area contributed by atoms with Crippen molar-refractivity contribution >= 4 is 128 Å². The summed E-state index contributed by atoms with van der Waals surface area (Å²) < 4.78 is 104. The second-order valence-electron chi connectivity index (χ2n) is 13.4. The Morgan fingerprint density at radius 1 is 0.537 bits per heavy atom. The highest BCUT2D eigenvalue weighted by atomic mass is 32.2. The first kappa shape index (κ1) is 30.2. The summed E-state index contributed by atoms with van der Waals surface area (Å²) in [6.07, 6.45) is 0. The third kappa shape index (κ3) is 3.36. The summed E-state index contributed by atoms with van der Waals surface area (Å²) >= 11 is 0. The Kier molecular flexibility index (Phi) is 4.97. The van der Waals surface area contributed by atoms with Gasteiger partial charge in [0.2, 0.25) is 0 Å². The molecule has 1 aliphatic rings. The fraction of sp³-hybridized carbons (Fsp3) is 0. The van der Waals surface area contributed by atoms with Crippen LogP contribution in [0.4, 0.5) is 0 Å². The van der Waals surface area contributed by atoms with Crippen LogP contribution in [0, 0.1) is 0 Å². The molecule has 4 aromatic heterocycles. The van der Waals surface area contributed by atoms with Gasteiger partial charge in [-0.3, -0.25) is 27.5 Å². The summed E-state index contributed by atoms with van der Waals surface area (Å²) in [5.74, 6) is -0.123. The van der Waals surface area contributed by atoms with E-state index < -0.39 is 51.3 Å². The van der Waals surface area contributed by atoms with E-state index in [1.807, 2.05) is 0 Å². The van der Waals surface area contributed by atoms with Gasteiger partial charge in [0.15, 0.2) is 5.75 Å². The molecule has 0 aliphatic carbocycles. The van der Waals surface area contributed by atoms with Gasteiger partial charge in [-0.25, -0.2) is 9.97 Å². The van der Waals surface area contributed by atoms with E-state index in [4.69, 9.17) is 4.18 Å². The maximum atomic E-state index is 14.4. The summed E-state index contributed by atoms with van der Waals surface area (Å²) in [5.41, 5.74) is -0.186. The lowest BCUT2D eigenvalue weighted by Crippen LogP contribution is -2.18. The first-order chi connectivity index (χ1) is 25.6. The monoisotopic (exact) mass is 774 g/mol. The molecule has 0 fully saturated rings. The molecule has 0 amide bonds. The zero-order chi connectivity index (χ0) is 37.1. The summed E-state index contributed by atoms with van der Waals surface area (Å²) in [6.45, 7) is 0. The van der Waals surface area contributed by atoms with E-state index in [0.717, 1.165) is 18.2 Å². The van der Waals surface area contributed by atoms with Crippen LogP contribution in [0.2, 0.25) is 0 Å². The van der Waals surface area contributed by atoms with Crippen LogP contribution in [0.25, 0.3) is 98.0 Å². The first-order valence-electron chi connectivity index (χ1n) is 15.9. The highest BCUT2D eigenvalue weighted by Crippen LogP contribution is 2.53. The molecule has 0 saturated carbocycles. The lowest BCUT2D eigenvalue weighted by molar-refractivity contribution is 0.481. The molecule has 1 aliphatic heterocycles. The molecular formula is C36H14N4O11S3. The number of pyridine rings is 2. The van der Waals surface area contributed by atoms with Gasteiger partial charge in [0, 0.05) is 48.5 Å². The molecule has 0 atom stereocenters. The maximum absolute atomic E-state index is 14.4. The topological polar surface area (TPSA) is 221 Å². The van der Waals surface area contributed by atoms with Gasteiger partial charge in [-0.1, -0.05) is 12.1 Å². The van der Waals surface area contributed by atoms with E-state index in [9.17, 15) is 43.9 Å². The van der Waals surface area contributed by atoms with Gasteiger partial charge in [-0.2, -0.15) is 25.3 Å². The van der Waals surface area contributed by atoms with Gasteiger partial charge in [0.05, 0.1) is 37.2 Å². The smallest absolute Gasteiger partial charge is 0.339 e. The third-order valence-corrected chi connectivity index (χ3v) is 13.7. The number of fused-ring (bicyclic) bond motifs is 9. The van der Waals surface area contributed by atoms with Gasteiger partial charge >= 0.3 is 10.1 Å². The van der Waals surface area contributed by atoms with Gasteiger partial charge < -0.3 is 4.18 Å². The van der Waals surface area contributed by atoms with Crippen molar-refractivity contribution in [3.63, 3.8) is 0 Å². The molecule has 2 N–H and O–H groups in total. The minimum absolute atomic E-state index is 0.0635. The highest BCUT2D eigenvalue weighted by Gasteiger charge is 2.35. The van der Waals surface area contributed by atoms with Crippen LogP contribution in [-0.4, -0.2) is 53.1 Å². The Labute approximate surface area is 298 Å². The molecule has 18 heteroatoms. The normalized spacial score (nSPS) is 15.0. The van der Waals surface area contributed by atoms with Crippen molar-refractivity contribution < 1.29 is 38.5 Å². The Hall–Kier alpha value is -6.31. The Morgan fingerprint density at radius 3 is 1.63 bits per heavy atom. The van der Waals surface area contributed by atoms with Gasteiger partial charge in [-0.05, 0) is 71.4 Å². The van der Waals surface area contributed by atoms with Crippen molar-refractivity contribution in [2.45, 2.75) is 14.7 Å². The fourth-order valence-corrected chi connectivity index (χ4v) is 10.8. The number of benzene rings is 7. The molecule has 7 aromatic carbocycles. The summed E-state index contributed by atoms with van der Waals surface area (Å²) in [6, 6.07) is 16.9. The number of nitrogens with zero attached hydrogens (tertiary/aromatic N) is 4. The molecule has 11 aromatic rings. The summed E-state index contributed by atoms with van der Waals surface area (Å²) in [4.78, 5) is 36.9. The molecule has 54 heavy (non-hydrogen) atoms. The number of hydrogen-bond donors (Lipinski definition) is 2. The van der Waals surface area contributed by atoms with Crippen LogP contribution >= 0.6 is 0 Å². The van der Waals surface area contributed by atoms with Crippen molar-refractivity contribution in [3.8, 4) is 5.75 Å². The Balaban J connectivity index is 1.32. The molecule has 0 spiro atoms. The SMILES string of the molecule is O=c1c2cc3c4c5c(cc6c7c(ccc(c8ccc(c2c84)c2nc4ccc(S(=O)(=O)O)cc4n12)c57)c(=O)n1c2cc(S(=O)(=O)O)ccc2nc61)S(=O)(=O)O3. The minimum atomic E-state index is -4.63. The van der Waals surface area contributed by atoms with Crippen LogP contribution in [0.1, 0.15) is 0 Å². The highest BCUT2D eigenvalue weighted by molar-refractivity contribution is 7.87. The van der Waals surface area contributed by atoms with E-state index in [-0.39, 0.29) is 65.6 Å². The molecule has 0 radical (unpaired) electrons. The molecule has 15 nitrogen and oxygen atoms in total. The van der Waals surface area contributed by atoms with Gasteiger partial charge in [-0.15, -0.1) is 0 Å². The van der Waals surface area contributed by atoms with Crippen LogP contribution in [-0.2, 0) is 30.4 Å². The van der Waals surface area contributed by atoms with Gasteiger partial charge in [0.25, 0.3) is 31.4 Å². The number of aromatic nitrogens is 4. The number of rotatable bonds is 2. The molecule has 0 bridgehead atoms. The molecule has 12 rings (SSSR count). The zero-order valence-corrected chi connectivity index (χ0v) is 29.0. The van der Waals surface area contributed by atoms with Gasteiger partial charge in [0.1, 0.15) is 16.2 Å². The average Bonchev–Trinajstić information content (AvgIpc) is 3.70. The van der Waals surface area contributed by atoms with Crippen LogP contribution in [0.5, 0.6) is 5.75 Å². The molecule has 262 valence electrons. The molecular weight excluding hydrogens is 761 g/mol. The standard InChI is InChI=1S/C36H14N4O11S3/c41-35-18-6-4-16-15-3-5-17-27-20(36(42)39-23-9-13(52(43,44)45)1-7-21(23)37-33(17)39)11-25-31(29(15)27)32-26(54(49,50)51-25)12-19(28(18)30(16)32)34-38-22-8-2-14(53(46,47)48)10-24(22)40(34)35/h1-12H,(H,43,44,45)(H,46,47,48). The van der Waals surface area contributed by atoms with Crippen LogP contribution in [0.15, 0.2) is 97.1 Å². The Bertz CT molecular complexity index is 4160. The zero-order valence-electron chi connectivity index (χ0n) is 26.5. The van der Waals surface area contributed by atoms with Crippen molar-refractivity contribution in [3.05, 3.63) is 93.5 Å². The van der Waals surface area contributed by atoms with E-state index in [1.54, 1.807) is 24.3 Å². The lowest BCUT2D eigenvalue weighted by atomic mass is 9.85. The van der Waals surface area contributed by atoms with Crippen molar-refractivity contribution in [2.24, 2.45) is 0 Å². The van der Waals surface area contributed by atoms with Crippen LogP contribution in [0.3, 0.4) is 0 Å². The third-order valence-electron chi connectivity index (χ3n) is 10.7. The predicted octanol–water partition coefficient (Wildman–Crippen LogP) is 4.82. The van der Waals surface area contributed by atoms with E-state index in [1.165, 1.54) is 39.1 Å².